The molecule has 0 radical (unpaired) electrons. The lowest BCUT2D eigenvalue weighted by molar-refractivity contribution is 0.241. The average Bonchev–Trinajstić information content (AvgIpc) is 2.58. The normalized spacial score (nSPS) is 22.1. The van der Waals surface area contributed by atoms with Crippen molar-refractivity contribution in [2.45, 2.75) is 45.7 Å². The van der Waals surface area contributed by atoms with Crippen LogP contribution >= 0.6 is 11.6 Å². The number of hydrogen-bond donors (Lipinski definition) is 1. The first-order valence-electron chi connectivity index (χ1n) is 7.49. The minimum absolute atomic E-state index is 0.249. The molecule has 0 saturated heterocycles. The predicted molar refractivity (Wildman–Crippen MR) is 87.4 cm³/mol. The Morgan fingerprint density at radius 2 is 2.10 bits per heavy atom. The van der Waals surface area contributed by atoms with Crippen molar-refractivity contribution in [1.29, 1.82) is 0 Å². The Hall–Kier alpha value is -0.570. The lowest BCUT2D eigenvalue weighted by Gasteiger charge is -2.32. The molecule has 112 valence electrons. The van der Waals surface area contributed by atoms with Crippen molar-refractivity contribution in [1.82, 2.24) is 10.2 Å². The van der Waals surface area contributed by atoms with Crippen LogP contribution in [0.15, 0.2) is 18.2 Å². The van der Waals surface area contributed by atoms with Crippen LogP contribution in [-0.2, 0) is 6.42 Å². The van der Waals surface area contributed by atoms with E-state index in [1.807, 2.05) is 6.07 Å². The molecule has 2 atom stereocenters. The van der Waals surface area contributed by atoms with Gasteiger partial charge in [-0.25, -0.2) is 0 Å². The predicted octanol–water partition coefficient (Wildman–Crippen LogP) is 3.89. The number of hydrogen-bond acceptors (Lipinski definition) is 2. The molecule has 1 N–H and O–H groups in total. The summed E-state index contributed by atoms with van der Waals surface area (Å²) in [6.07, 6.45) is 2.28. The number of benzene rings is 1. The third-order valence-corrected chi connectivity index (χ3v) is 4.54. The fourth-order valence-corrected chi connectivity index (χ4v) is 3.33. The highest BCUT2D eigenvalue weighted by atomic mass is 35.5. The lowest BCUT2D eigenvalue weighted by atomic mass is 9.85. The maximum absolute atomic E-state index is 6.19. The fraction of sp³-hybridized carbons (Fsp3) is 0.647. The van der Waals surface area contributed by atoms with Crippen LogP contribution in [0.2, 0.25) is 5.02 Å². The van der Waals surface area contributed by atoms with Crippen molar-refractivity contribution in [2.24, 2.45) is 5.41 Å². The van der Waals surface area contributed by atoms with Crippen molar-refractivity contribution in [3.63, 3.8) is 0 Å². The summed E-state index contributed by atoms with van der Waals surface area (Å²) in [5, 5.41) is 4.66. The zero-order chi connectivity index (χ0) is 14.9. The van der Waals surface area contributed by atoms with Gasteiger partial charge >= 0.3 is 0 Å². The van der Waals surface area contributed by atoms with Gasteiger partial charge in [0.15, 0.2) is 0 Å². The van der Waals surface area contributed by atoms with Crippen LogP contribution in [0.4, 0.5) is 0 Å². The molecule has 0 spiro atoms. The highest BCUT2D eigenvalue weighted by Crippen LogP contribution is 2.46. The van der Waals surface area contributed by atoms with Crippen LogP contribution < -0.4 is 5.32 Å². The summed E-state index contributed by atoms with van der Waals surface area (Å²) in [6, 6.07) is 7.24. The Bertz CT molecular complexity index is 468. The van der Waals surface area contributed by atoms with Crippen LogP contribution in [0.5, 0.6) is 0 Å². The minimum atomic E-state index is 0.249. The molecule has 0 heterocycles. The van der Waals surface area contributed by atoms with Crippen LogP contribution in [0, 0.1) is 5.41 Å². The quantitative estimate of drug-likeness (QED) is 0.886. The van der Waals surface area contributed by atoms with Crippen LogP contribution in [0.1, 0.15) is 44.4 Å². The van der Waals surface area contributed by atoms with Gasteiger partial charge in [-0.2, -0.15) is 0 Å². The average molecular weight is 295 g/mol. The van der Waals surface area contributed by atoms with E-state index in [0.717, 1.165) is 24.4 Å². The molecule has 1 aromatic carbocycles. The second-order valence-electron chi connectivity index (χ2n) is 7.10. The summed E-state index contributed by atoms with van der Waals surface area (Å²) >= 11 is 6.19. The van der Waals surface area contributed by atoms with Gasteiger partial charge in [0.25, 0.3) is 0 Å². The summed E-state index contributed by atoms with van der Waals surface area (Å²) in [4.78, 5) is 2.24. The van der Waals surface area contributed by atoms with Gasteiger partial charge in [-0.1, -0.05) is 31.5 Å². The number of fused-ring (bicyclic) bond motifs is 1. The molecule has 0 bridgehead atoms. The van der Waals surface area contributed by atoms with Crippen molar-refractivity contribution >= 4 is 11.6 Å². The zero-order valence-electron chi connectivity index (χ0n) is 13.3. The second-order valence-corrected chi connectivity index (χ2v) is 7.54. The highest BCUT2D eigenvalue weighted by Gasteiger charge is 2.39. The van der Waals surface area contributed by atoms with Crippen LogP contribution in [0.3, 0.4) is 0 Å². The van der Waals surface area contributed by atoms with Gasteiger partial charge in [0.05, 0.1) is 0 Å². The maximum Gasteiger partial charge on any atom is 0.0409 e. The van der Waals surface area contributed by atoms with Crippen molar-refractivity contribution in [3.8, 4) is 0 Å². The van der Waals surface area contributed by atoms with Crippen molar-refractivity contribution in [2.75, 3.05) is 20.6 Å². The first kappa shape index (κ1) is 15.8. The smallest absolute Gasteiger partial charge is 0.0409 e. The Kier molecular flexibility index (Phi) is 4.78. The minimum Gasteiger partial charge on any atom is -0.309 e. The summed E-state index contributed by atoms with van der Waals surface area (Å²) < 4.78 is 0. The number of halogens is 1. The van der Waals surface area contributed by atoms with Gasteiger partial charge in [-0.15, -0.1) is 0 Å². The Morgan fingerprint density at radius 3 is 2.75 bits per heavy atom. The van der Waals surface area contributed by atoms with Crippen molar-refractivity contribution in [3.05, 3.63) is 34.3 Å². The largest absolute Gasteiger partial charge is 0.309 e. The molecule has 2 rings (SSSR count). The Balaban J connectivity index is 2.12. The molecule has 3 heteroatoms. The molecule has 0 aliphatic heterocycles. The van der Waals surface area contributed by atoms with E-state index in [1.54, 1.807) is 0 Å². The van der Waals surface area contributed by atoms with Gasteiger partial charge in [-0.3, -0.25) is 0 Å². The molecule has 0 fully saturated rings. The third-order valence-electron chi connectivity index (χ3n) is 4.31. The van der Waals surface area contributed by atoms with Gasteiger partial charge < -0.3 is 10.2 Å². The van der Waals surface area contributed by atoms with Gasteiger partial charge in [0.2, 0.25) is 0 Å². The molecule has 1 aromatic rings. The van der Waals surface area contributed by atoms with Crippen LogP contribution in [-0.4, -0.2) is 31.6 Å². The molecule has 1 aliphatic carbocycles. The lowest BCUT2D eigenvalue weighted by Crippen LogP contribution is -2.38. The first-order valence-corrected chi connectivity index (χ1v) is 7.86. The highest BCUT2D eigenvalue weighted by molar-refractivity contribution is 6.30. The number of nitrogens with zero attached hydrogens (tertiary/aromatic N) is 1. The molecule has 0 amide bonds. The molecule has 20 heavy (non-hydrogen) atoms. The molecular weight excluding hydrogens is 268 g/mol. The SMILES string of the molecule is CC(CCN(C)C)NC1c2cc(Cl)ccc2CC1(C)C. The topological polar surface area (TPSA) is 15.3 Å². The number of rotatable bonds is 5. The van der Waals surface area contributed by atoms with E-state index in [9.17, 15) is 0 Å². The monoisotopic (exact) mass is 294 g/mol. The molecular formula is C17H27ClN2. The summed E-state index contributed by atoms with van der Waals surface area (Å²) in [6.45, 7) is 8.08. The summed E-state index contributed by atoms with van der Waals surface area (Å²) in [7, 11) is 4.25. The maximum atomic E-state index is 6.19. The second kappa shape index (κ2) is 6.05. The Morgan fingerprint density at radius 1 is 1.40 bits per heavy atom. The van der Waals surface area contributed by atoms with E-state index in [1.165, 1.54) is 11.1 Å². The molecule has 0 saturated carbocycles. The zero-order valence-corrected chi connectivity index (χ0v) is 14.1. The van der Waals surface area contributed by atoms with Crippen LogP contribution in [0.25, 0.3) is 0 Å². The first-order chi connectivity index (χ1) is 9.29. The Labute approximate surface area is 128 Å². The van der Waals surface area contributed by atoms with E-state index in [0.29, 0.717) is 12.1 Å². The van der Waals surface area contributed by atoms with E-state index in [2.05, 4.69) is 57.2 Å². The third kappa shape index (κ3) is 3.55. The molecule has 2 nitrogen and oxygen atoms in total. The molecule has 2 unspecified atom stereocenters. The van der Waals surface area contributed by atoms with Gasteiger partial charge in [-0.05, 0) is 69.1 Å². The van der Waals surface area contributed by atoms with E-state index in [4.69, 9.17) is 11.6 Å². The van der Waals surface area contributed by atoms with E-state index in [-0.39, 0.29) is 5.41 Å². The van der Waals surface area contributed by atoms with E-state index < -0.39 is 0 Å². The molecule has 1 aliphatic rings. The van der Waals surface area contributed by atoms with Gasteiger partial charge in [0, 0.05) is 17.1 Å². The molecule has 0 aromatic heterocycles. The fourth-order valence-electron chi connectivity index (χ4n) is 3.14. The summed E-state index contributed by atoms with van der Waals surface area (Å²) in [5.41, 5.74) is 3.08. The van der Waals surface area contributed by atoms with E-state index >= 15 is 0 Å². The van der Waals surface area contributed by atoms with Crippen molar-refractivity contribution < 1.29 is 0 Å². The number of nitrogens with one attached hydrogen (secondary N) is 1. The standard InChI is InChI=1S/C17H27ClN2/c1-12(8-9-20(4)5)19-16-15-10-14(18)7-6-13(15)11-17(16,2)3/h6-7,10,12,16,19H,8-9,11H2,1-5H3. The van der Waals surface area contributed by atoms with Gasteiger partial charge in [0.1, 0.15) is 0 Å². The summed E-state index contributed by atoms with van der Waals surface area (Å²) in [5.74, 6) is 0.